The number of carbonyl (C=O) groups is 1. The highest BCUT2D eigenvalue weighted by Gasteiger charge is 2.10. The molecule has 0 aliphatic heterocycles. The lowest BCUT2D eigenvalue weighted by Crippen LogP contribution is -2.27. The fraction of sp³-hybridized carbons (Fsp3) is 0.417. The molecule has 0 fully saturated rings. The minimum Gasteiger partial charge on any atom is -0.465 e. The molecule has 0 atom stereocenters. The highest BCUT2D eigenvalue weighted by atomic mass is 16.5. The summed E-state index contributed by atoms with van der Waals surface area (Å²) in [5.41, 5.74) is 0.875. The van der Waals surface area contributed by atoms with E-state index in [-0.39, 0.29) is 12.5 Å². The molecule has 0 N–H and O–H groups in total. The normalized spacial score (nSPS) is 11.1. The largest absolute Gasteiger partial charge is 0.465 e. The van der Waals surface area contributed by atoms with Crippen LogP contribution >= 0.6 is 0 Å². The predicted molar refractivity (Wildman–Crippen MR) is 66.0 cm³/mol. The molecule has 0 bridgehead atoms. The second-order valence-corrected chi connectivity index (χ2v) is 4.04. The molecule has 0 unspecified atom stereocenters. The van der Waals surface area contributed by atoms with Crippen molar-refractivity contribution in [1.29, 1.82) is 0 Å². The third kappa shape index (κ3) is 3.04. The number of ether oxygens (including phenoxy) is 1. The average molecular weight is 248 g/mol. The van der Waals surface area contributed by atoms with Crippen LogP contribution in [0.5, 0.6) is 0 Å². The molecule has 0 spiro atoms. The third-order valence-corrected chi connectivity index (χ3v) is 2.42. The Morgan fingerprint density at radius 3 is 3.11 bits per heavy atom. The Morgan fingerprint density at radius 1 is 1.56 bits per heavy atom. The van der Waals surface area contributed by atoms with E-state index in [0.717, 1.165) is 5.69 Å². The van der Waals surface area contributed by atoms with E-state index in [1.165, 1.54) is 0 Å². The van der Waals surface area contributed by atoms with Crippen LogP contribution in [0.3, 0.4) is 0 Å². The molecule has 18 heavy (non-hydrogen) atoms. The van der Waals surface area contributed by atoms with Gasteiger partial charge in [0.15, 0.2) is 0 Å². The number of hydrogen-bond donors (Lipinski definition) is 0. The van der Waals surface area contributed by atoms with E-state index in [4.69, 9.17) is 4.74 Å². The van der Waals surface area contributed by atoms with Crippen LogP contribution in [-0.2, 0) is 16.1 Å². The van der Waals surface area contributed by atoms with Crippen molar-refractivity contribution >= 4 is 11.7 Å². The molecule has 2 aromatic heterocycles. The highest BCUT2D eigenvalue weighted by molar-refractivity contribution is 5.71. The molecule has 96 valence electrons. The average Bonchev–Trinajstić information content (AvgIpc) is 2.70. The van der Waals surface area contributed by atoms with Crippen LogP contribution in [0.4, 0.5) is 0 Å². The van der Waals surface area contributed by atoms with Crippen LogP contribution in [0.2, 0.25) is 0 Å². The summed E-state index contributed by atoms with van der Waals surface area (Å²) >= 11 is 0. The van der Waals surface area contributed by atoms with Gasteiger partial charge in [-0.25, -0.2) is 9.97 Å². The molecule has 0 amide bonds. The lowest BCUT2D eigenvalue weighted by Gasteiger charge is -2.13. The van der Waals surface area contributed by atoms with Crippen molar-refractivity contribution in [1.82, 2.24) is 19.3 Å². The first kappa shape index (κ1) is 12.5. The van der Waals surface area contributed by atoms with Crippen molar-refractivity contribution in [2.75, 3.05) is 20.2 Å². The first-order chi connectivity index (χ1) is 8.69. The zero-order valence-corrected chi connectivity index (χ0v) is 10.5. The van der Waals surface area contributed by atoms with Crippen LogP contribution in [0, 0.1) is 0 Å². The van der Waals surface area contributed by atoms with Crippen LogP contribution in [0.25, 0.3) is 5.78 Å². The fourth-order valence-electron chi connectivity index (χ4n) is 1.72. The number of hydrogen-bond acceptors (Lipinski definition) is 5. The number of rotatable bonds is 5. The van der Waals surface area contributed by atoms with Crippen LogP contribution < -0.4 is 0 Å². The van der Waals surface area contributed by atoms with Crippen molar-refractivity contribution in [3.05, 3.63) is 30.4 Å². The maximum atomic E-state index is 11.3. The number of imidazole rings is 1. The molecule has 6 heteroatoms. The Kier molecular flexibility index (Phi) is 3.88. The molecule has 6 nitrogen and oxygen atoms in total. The molecule has 2 rings (SSSR count). The molecular weight excluding hydrogens is 232 g/mol. The molecule has 0 aliphatic rings. The van der Waals surface area contributed by atoms with Gasteiger partial charge in [0, 0.05) is 25.1 Å². The lowest BCUT2D eigenvalue weighted by atomic mass is 10.4. The van der Waals surface area contributed by atoms with E-state index in [1.807, 2.05) is 34.8 Å². The van der Waals surface area contributed by atoms with Gasteiger partial charge in [-0.05, 0) is 20.0 Å². The molecule has 0 saturated carbocycles. The SMILES string of the molecule is CCOC(=O)CN(C)Cc1cn2cccnc2n1. The lowest BCUT2D eigenvalue weighted by molar-refractivity contribution is -0.144. The van der Waals surface area contributed by atoms with E-state index in [2.05, 4.69) is 9.97 Å². The van der Waals surface area contributed by atoms with Crippen LogP contribution in [0.1, 0.15) is 12.6 Å². The molecule has 0 aliphatic carbocycles. The van der Waals surface area contributed by atoms with Gasteiger partial charge >= 0.3 is 5.97 Å². The summed E-state index contributed by atoms with van der Waals surface area (Å²) < 4.78 is 6.75. The summed E-state index contributed by atoms with van der Waals surface area (Å²) in [4.78, 5) is 21.7. The molecule has 0 aromatic carbocycles. The van der Waals surface area contributed by atoms with Gasteiger partial charge in [0.2, 0.25) is 5.78 Å². The monoisotopic (exact) mass is 248 g/mol. The zero-order chi connectivity index (χ0) is 13.0. The van der Waals surface area contributed by atoms with Gasteiger partial charge in [0.1, 0.15) is 0 Å². The highest BCUT2D eigenvalue weighted by Crippen LogP contribution is 2.04. The van der Waals surface area contributed by atoms with Gasteiger partial charge in [-0.1, -0.05) is 0 Å². The Labute approximate surface area is 105 Å². The van der Waals surface area contributed by atoms with Crippen molar-refractivity contribution in [2.24, 2.45) is 0 Å². The third-order valence-electron chi connectivity index (χ3n) is 2.42. The standard InChI is InChI=1S/C12H16N4O2/c1-3-18-11(17)9-15(2)7-10-8-16-6-4-5-13-12(16)14-10/h4-6,8H,3,7,9H2,1-2H3. The topological polar surface area (TPSA) is 59.7 Å². The Bertz CT molecular complexity index is 505. The Morgan fingerprint density at radius 2 is 2.39 bits per heavy atom. The summed E-state index contributed by atoms with van der Waals surface area (Å²) in [7, 11) is 1.86. The fourth-order valence-corrected chi connectivity index (χ4v) is 1.72. The van der Waals surface area contributed by atoms with Gasteiger partial charge < -0.3 is 4.74 Å². The molecule has 0 radical (unpaired) electrons. The molecular formula is C12H16N4O2. The van der Waals surface area contributed by atoms with Gasteiger partial charge in [-0.15, -0.1) is 0 Å². The number of carbonyl (C=O) groups excluding carboxylic acids is 1. The summed E-state index contributed by atoms with van der Waals surface area (Å²) in [6, 6.07) is 1.85. The quantitative estimate of drug-likeness (QED) is 0.730. The summed E-state index contributed by atoms with van der Waals surface area (Å²) in [6.07, 6.45) is 5.50. The van der Waals surface area contributed by atoms with E-state index in [1.54, 1.807) is 13.1 Å². The van der Waals surface area contributed by atoms with E-state index in [9.17, 15) is 4.79 Å². The number of nitrogens with zero attached hydrogens (tertiary/aromatic N) is 4. The van der Waals surface area contributed by atoms with Gasteiger partial charge in [0.25, 0.3) is 0 Å². The Hall–Kier alpha value is -1.95. The first-order valence-corrected chi connectivity index (χ1v) is 5.82. The van der Waals surface area contributed by atoms with E-state index < -0.39 is 0 Å². The number of esters is 1. The van der Waals surface area contributed by atoms with Crippen molar-refractivity contribution in [3.8, 4) is 0 Å². The maximum Gasteiger partial charge on any atom is 0.320 e. The van der Waals surface area contributed by atoms with E-state index in [0.29, 0.717) is 18.9 Å². The minimum atomic E-state index is -0.220. The van der Waals surface area contributed by atoms with Gasteiger partial charge in [-0.2, -0.15) is 0 Å². The number of aromatic nitrogens is 3. The van der Waals surface area contributed by atoms with Crippen molar-refractivity contribution in [3.63, 3.8) is 0 Å². The van der Waals surface area contributed by atoms with Crippen molar-refractivity contribution < 1.29 is 9.53 Å². The minimum absolute atomic E-state index is 0.220. The van der Waals surface area contributed by atoms with Gasteiger partial charge in [0.05, 0.1) is 18.8 Å². The number of fused-ring (bicyclic) bond motifs is 1. The summed E-state index contributed by atoms with van der Waals surface area (Å²) in [5, 5.41) is 0. The smallest absolute Gasteiger partial charge is 0.320 e. The predicted octanol–water partition coefficient (Wildman–Crippen LogP) is 0.724. The first-order valence-electron chi connectivity index (χ1n) is 5.82. The maximum absolute atomic E-state index is 11.3. The number of likely N-dealkylation sites (N-methyl/N-ethyl adjacent to an activating group) is 1. The summed E-state index contributed by atoms with van der Waals surface area (Å²) in [6.45, 7) is 3.05. The van der Waals surface area contributed by atoms with Crippen LogP contribution in [0.15, 0.2) is 24.7 Å². The second kappa shape index (κ2) is 5.59. The Balaban J connectivity index is 1.98. The van der Waals surface area contributed by atoms with Crippen molar-refractivity contribution in [2.45, 2.75) is 13.5 Å². The summed E-state index contributed by atoms with van der Waals surface area (Å²) in [5.74, 6) is 0.443. The second-order valence-electron chi connectivity index (χ2n) is 4.04. The van der Waals surface area contributed by atoms with Gasteiger partial charge in [-0.3, -0.25) is 14.1 Å². The van der Waals surface area contributed by atoms with Crippen LogP contribution in [-0.4, -0.2) is 45.4 Å². The molecule has 2 heterocycles. The molecule has 0 saturated heterocycles. The van der Waals surface area contributed by atoms with E-state index >= 15 is 0 Å². The zero-order valence-electron chi connectivity index (χ0n) is 10.5. The molecule has 2 aromatic rings.